The number of nitrogens with two attached hydrogens (primary N) is 1. The van der Waals surface area contributed by atoms with Gasteiger partial charge in [0.1, 0.15) is 0 Å². The SMILES string of the molecule is Cc1cc(C(NN)C(C)C)ccn1. The molecule has 0 aliphatic heterocycles. The number of nitrogens with one attached hydrogen (secondary N) is 1. The zero-order valence-corrected chi connectivity index (χ0v) is 8.41. The van der Waals surface area contributed by atoms with E-state index in [1.54, 1.807) is 0 Å². The molecule has 3 nitrogen and oxygen atoms in total. The summed E-state index contributed by atoms with van der Waals surface area (Å²) >= 11 is 0. The van der Waals surface area contributed by atoms with Gasteiger partial charge in [0, 0.05) is 17.9 Å². The van der Waals surface area contributed by atoms with Crippen LogP contribution >= 0.6 is 0 Å². The van der Waals surface area contributed by atoms with E-state index in [0.717, 1.165) is 5.69 Å². The van der Waals surface area contributed by atoms with E-state index >= 15 is 0 Å². The Balaban J connectivity index is 2.91. The van der Waals surface area contributed by atoms with Crippen LogP contribution in [0.5, 0.6) is 0 Å². The molecule has 0 radical (unpaired) electrons. The van der Waals surface area contributed by atoms with Crippen LogP contribution in [0.25, 0.3) is 0 Å². The van der Waals surface area contributed by atoms with Crippen LogP contribution in [0.2, 0.25) is 0 Å². The summed E-state index contributed by atoms with van der Waals surface area (Å²) in [4.78, 5) is 4.15. The molecule has 1 aromatic heterocycles. The highest BCUT2D eigenvalue weighted by Crippen LogP contribution is 2.20. The van der Waals surface area contributed by atoms with Gasteiger partial charge in [-0.25, -0.2) is 0 Å². The summed E-state index contributed by atoms with van der Waals surface area (Å²) in [5, 5.41) is 0. The number of nitrogens with zero attached hydrogens (tertiary/aromatic N) is 1. The van der Waals surface area contributed by atoms with E-state index in [2.05, 4.69) is 30.3 Å². The van der Waals surface area contributed by atoms with Crippen molar-refractivity contribution in [2.24, 2.45) is 11.8 Å². The van der Waals surface area contributed by atoms with E-state index in [1.165, 1.54) is 5.56 Å². The summed E-state index contributed by atoms with van der Waals surface area (Å²) in [5.41, 5.74) is 5.04. The van der Waals surface area contributed by atoms with Crippen molar-refractivity contribution >= 4 is 0 Å². The number of hydrogen-bond donors (Lipinski definition) is 2. The van der Waals surface area contributed by atoms with Crippen LogP contribution in [-0.2, 0) is 0 Å². The Labute approximate surface area is 79.3 Å². The molecule has 1 unspecified atom stereocenters. The Kier molecular flexibility index (Phi) is 3.39. The van der Waals surface area contributed by atoms with Gasteiger partial charge in [0.15, 0.2) is 0 Å². The standard InChI is InChI=1S/C10H17N3/c1-7(2)10(13-11)9-4-5-12-8(3)6-9/h4-7,10,13H,11H2,1-3H3. The minimum Gasteiger partial charge on any atom is -0.271 e. The fourth-order valence-corrected chi connectivity index (χ4v) is 1.43. The zero-order chi connectivity index (χ0) is 9.84. The maximum atomic E-state index is 5.49. The molecule has 72 valence electrons. The average molecular weight is 179 g/mol. The highest BCUT2D eigenvalue weighted by Gasteiger charge is 2.13. The molecule has 0 saturated carbocycles. The van der Waals surface area contributed by atoms with Crippen molar-refractivity contribution in [3.05, 3.63) is 29.6 Å². The molecule has 0 amide bonds. The Morgan fingerprint density at radius 1 is 1.46 bits per heavy atom. The smallest absolute Gasteiger partial charge is 0.0484 e. The fourth-order valence-electron chi connectivity index (χ4n) is 1.43. The largest absolute Gasteiger partial charge is 0.271 e. The Hall–Kier alpha value is -0.930. The summed E-state index contributed by atoms with van der Waals surface area (Å²) in [7, 11) is 0. The third-order valence-corrected chi connectivity index (χ3v) is 2.13. The van der Waals surface area contributed by atoms with Crippen LogP contribution in [0.1, 0.15) is 31.1 Å². The lowest BCUT2D eigenvalue weighted by atomic mass is 9.97. The molecule has 0 aromatic carbocycles. The summed E-state index contributed by atoms with van der Waals surface area (Å²) in [6.07, 6.45) is 1.82. The number of aromatic nitrogens is 1. The number of hydrogen-bond acceptors (Lipinski definition) is 3. The van der Waals surface area contributed by atoms with E-state index in [0.29, 0.717) is 5.92 Å². The van der Waals surface area contributed by atoms with Crippen molar-refractivity contribution in [3.63, 3.8) is 0 Å². The minimum atomic E-state index is 0.210. The molecule has 3 heteroatoms. The van der Waals surface area contributed by atoms with Crippen LogP contribution in [-0.4, -0.2) is 4.98 Å². The quantitative estimate of drug-likeness (QED) is 0.546. The maximum absolute atomic E-state index is 5.49. The predicted molar refractivity (Wildman–Crippen MR) is 53.9 cm³/mol. The van der Waals surface area contributed by atoms with Gasteiger partial charge in [-0.15, -0.1) is 0 Å². The maximum Gasteiger partial charge on any atom is 0.0484 e. The molecule has 0 aliphatic rings. The van der Waals surface area contributed by atoms with Gasteiger partial charge in [0.05, 0.1) is 0 Å². The van der Waals surface area contributed by atoms with E-state index in [9.17, 15) is 0 Å². The van der Waals surface area contributed by atoms with Crippen molar-refractivity contribution in [2.45, 2.75) is 26.8 Å². The monoisotopic (exact) mass is 179 g/mol. The second-order valence-corrected chi connectivity index (χ2v) is 3.62. The first-order valence-electron chi connectivity index (χ1n) is 4.54. The molecule has 0 spiro atoms. The summed E-state index contributed by atoms with van der Waals surface area (Å²) in [6, 6.07) is 4.27. The summed E-state index contributed by atoms with van der Waals surface area (Å²) < 4.78 is 0. The fraction of sp³-hybridized carbons (Fsp3) is 0.500. The molecule has 0 bridgehead atoms. The molecule has 3 N–H and O–H groups in total. The molecular weight excluding hydrogens is 162 g/mol. The first-order chi connectivity index (χ1) is 6.15. The second kappa shape index (κ2) is 4.35. The predicted octanol–water partition coefficient (Wildman–Crippen LogP) is 1.55. The van der Waals surface area contributed by atoms with Crippen molar-refractivity contribution in [1.82, 2.24) is 10.4 Å². The van der Waals surface area contributed by atoms with E-state index < -0.39 is 0 Å². The van der Waals surface area contributed by atoms with Gasteiger partial charge >= 0.3 is 0 Å². The topological polar surface area (TPSA) is 50.9 Å². The van der Waals surface area contributed by atoms with Crippen LogP contribution in [0.4, 0.5) is 0 Å². The Bertz CT molecular complexity index is 271. The highest BCUT2D eigenvalue weighted by molar-refractivity contribution is 5.19. The van der Waals surface area contributed by atoms with Gasteiger partial charge in [-0.1, -0.05) is 13.8 Å². The molecule has 0 fully saturated rings. The molecule has 13 heavy (non-hydrogen) atoms. The first-order valence-corrected chi connectivity index (χ1v) is 4.54. The number of hydrazine groups is 1. The van der Waals surface area contributed by atoms with E-state index in [1.807, 2.05) is 19.2 Å². The van der Waals surface area contributed by atoms with Crippen molar-refractivity contribution < 1.29 is 0 Å². The number of rotatable bonds is 3. The third-order valence-electron chi connectivity index (χ3n) is 2.13. The van der Waals surface area contributed by atoms with Gasteiger partial charge < -0.3 is 0 Å². The van der Waals surface area contributed by atoms with Crippen LogP contribution < -0.4 is 11.3 Å². The van der Waals surface area contributed by atoms with E-state index in [4.69, 9.17) is 5.84 Å². The van der Waals surface area contributed by atoms with Crippen LogP contribution in [0.3, 0.4) is 0 Å². The summed E-state index contributed by atoms with van der Waals surface area (Å²) in [6.45, 7) is 6.26. The lowest BCUT2D eigenvalue weighted by molar-refractivity contribution is 0.420. The Morgan fingerprint density at radius 3 is 2.62 bits per heavy atom. The zero-order valence-electron chi connectivity index (χ0n) is 8.41. The molecule has 1 atom stereocenters. The molecule has 1 heterocycles. The molecule has 0 aliphatic carbocycles. The van der Waals surface area contributed by atoms with Gasteiger partial charge in [-0.3, -0.25) is 16.3 Å². The summed E-state index contributed by atoms with van der Waals surface area (Å²) in [5.74, 6) is 5.96. The van der Waals surface area contributed by atoms with Crippen molar-refractivity contribution in [3.8, 4) is 0 Å². The highest BCUT2D eigenvalue weighted by atomic mass is 15.2. The first kappa shape index (κ1) is 10.2. The molecule has 1 aromatic rings. The van der Waals surface area contributed by atoms with Crippen molar-refractivity contribution in [1.29, 1.82) is 0 Å². The lowest BCUT2D eigenvalue weighted by Gasteiger charge is -2.20. The third kappa shape index (κ3) is 2.50. The van der Waals surface area contributed by atoms with Crippen molar-refractivity contribution in [2.75, 3.05) is 0 Å². The molecule has 0 saturated heterocycles. The molecular formula is C10H17N3. The van der Waals surface area contributed by atoms with Crippen LogP contribution in [0.15, 0.2) is 18.3 Å². The number of pyridine rings is 1. The van der Waals surface area contributed by atoms with Crippen LogP contribution in [0, 0.1) is 12.8 Å². The number of aryl methyl sites for hydroxylation is 1. The lowest BCUT2D eigenvalue weighted by Crippen LogP contribution is -2.31. The van der Waals surface area contributed by atoms with E-state index in [-0.39, 0.29) is 6.04 Å². The average Bonchev–Trinajstić information content (AvgIpc) is 2.04. The normalized spacial score (nSPS) is 13.3. The van der Waals surface area contributed by atoms with Gasteiger partial charge in [0.2, 0.25) is 0 Å². The second-order valence-electron chi connectivity index (χ2n) is 3.62. The molecule has 1 rings (SSSR count). The van der Waals surface area contributed by atoms with Gasteiger partial charge in [-0.2, -0.15) is 0 Å². The van der Waals surface area contributed by atoms with Gasteiger partial charge in [0.25, 0.3) is 0 Å². The Morgan fingerprint density at radius 2 is 2.15 bits per heavy atom. The minimum absolute atomic E-state index is 0.210. The van der Waals surface area contributed by atoms with Gasteiger partial charge in [-0.05, 0) is 30.5 Å².